The van der Waals surface area contributed by atoms with Crippen molar-refractivity contribution >= 4 is 78.7 Å². The van der Waals surface area contributed by atoms with Crippen molar-refractivity contribution in [2.45, 2.75) is 107 Å². The Kier molecular flexibility index (Phi) is 18.4. The number of halogens is 2. The molecule has 0 unspecified atom stereocenters. The molecule has 0 bridgehead atoms. The van der Waals surface area contributed by atoms with Gasteiger partial charge in [0.15, 0.2) is 0 Å². The van der Waals surface area contributed by atoms with Gasteiger partial charge in [0.2, 0.25) is 11.8 Å². The Morgan fingerprint density at radius 2 is 1.15 bits per heavy atom. The molecule has 1 aromatic heterocycles. The minimum Gasteiger partial charge on any atom is -0.352 e. The number of carbonyl (C=O) groups is 2. The molecule has 0 radical (unpaired) electrons. The van der Waals surface area contributed by atoms with Gasteiger partial charge in [-0.15, -0.1) is 0 Å². The third-order valence-electron chi connectivity index (χ3n) is 15.0. The molecule has 6 aromatic rings. The lowest BCUT2D eigenvalue weighted by Crippen LogP contribution is -2.31. The van der Waals surface area contributed by atoms with Crippen LogP contribution in [0.15, 0.2) is 137 Å². The number of rotatable bonds is 23. The highest BCUT2D eigenvalue weighted by Gasteiger charge is 2.33. The number of fused-ring (bicyclic) bond motifs is 2. The molecule has 8 nitrogen and oxygen atoms in total. The fraction of sp³-hybridized carbons (Fsp3) is 0.328. The Bertz CT molecular complexity index is 3220. The summed E-state index contributed by atoms with van der Waals surface area (Å²) in [7, 11) is 1.53. The fourth-order valence-electron chi connectivity index (χ4n) is 11.0. The summed E-state index contributed by atoms with van der Waals surface area (Å²) in [6.45, 7) is 28.2. The first-order chi connectivity index (χ1) is 35.4. The van der Waals surface area contributed by atoms with E-state index in [1.165, 1.54) is 32.1 Å². The molecule has 1 aliphatic rings. The molecule has 13 heteroatoms. The third-order valence-corrected chi connectivity index (χ3v) is 15.0. The fourth-order valence-corrected chi connectivity index (χ4v) is 11.0. The van der Waals surface area contributed by atoms with Gasteiger partial charge in [0.1, 0.15) is 15.7 Å². The van der Waals surface area contributed by atoms with Crippen molar-refractivity contribution in [1.82, 2.24) is 24.9 Å². The molecule has 0 fully saturated rings. The van der Waals surface area contributed by atoms with Crippen LogP contribution in [0, 0.1) is 13.8 Å². The van der Waals surface area contributed by atoms with Crippen molar-refractivity contribution < 1.29 is 18.2 Å². The molecule has 382 valence electrons. The van der Waals surface area contributed by atoms with E-state index in [0.717, 1.165) is 79.2 Å². The second kappa shape index (κ2) is 24.7. The summed E-state index contributed by atoms with van der Waals surface area (Å²) < 4.78 is 32.7. The molecule has 0 aliphatic carbocycles. The molecule has 2 N–H and O–H groups in total. The van der Waals surface area contributed by atoms with Crippen LogP contribution in [0.4, 0.5) is 8.63 Å². The minimum absolute atomic E-state index is 0.145. The van der Waals surface area contributed by atoms with Crippen LogP contribution in [0.2, 0.25) is 0 Å². The average Bonchev–Trinajstić information content (AvgIpc) is 3.80. The van der Waals surface area contributed by atoms with Crippen molar-refractivity contribution in [2.75, 3.05) is 26.2 Å². The molecule has 1 aliphatic heterocycles. The maximum absolute atomic E-state index is 15.7. The third kappa shape index (κ3) is 12.2. The lowest BCUT2D eigenvalue weighted by Gasteiger charge is -2.28. The van der Waals surface area contributed by atoms with E-state index in [2.05, 4.69) is 154 Å². The number of allylic oxidation sites excluding steroid dienone is 2. The second-order valence-electron chi connectivity index (χ2n) is 20.2. The molecule has 0 spiro atoms. The van der Waals surface area contributed by atoms with Crippen molar-refractivity contribution in [3.05, 3.63) is 182 Å². The highest BCUT2D eigenvalue weighted by molar-refractivity contribution is 6.42. The van der Waals surface area contributed by atoms with Crippen LogP contribution in [0.5, 0.6) is 0 Å². The summed E-state index contributed by atoms with van der Waals surface area (Å²) in [4.78, 5) is 35.4. The van der Waals surface area contributed by atoms with Gasteiger partial charge in [0.05, 0.1) is 5.70 Å². The Labute approximate surface area is 440 Å². The van der Waals surface area contributed by atoms with Crippen molar-refractivity contribution in [3.63, 3.8) is 0 Å². The molecule has 74 heavy (non-hydrogen) atoms. The second-order valence-corrected chi connectivity index (χ2v) is 20.2. The normalized spacial score (nSPS) is 13.3. The number of nitrogens with one attached hydrogen (secondary N) is 2. The number of benzene rings is 5. The molecular formula is C61H73B3F2N6O2. The zero-order valence-corrected chi connectivity index (χ0v) is 45.5. The van der Waals surface area contributed by atoms with E-state index in [9.17, 15) is 9.59 Å². The summed E-state index contributed by atoms with van der Waals surface area (Å²) in [6, 6.07) is 32.3. The molecule has 0 saturated carbocycles. The Morgan fingerprint density at radius 1 is 0.662 bits per heavy atom. The van der Waals surface area contributed by atoms with Gasteiger partial charge >= 0.3 is 7.40 Å². The van der Waals surface area contributed by atoms with Gasteiger partial charge in [0, 0.05) is 86.2 Å². The molecule has 7 rings (SSSR count). The van der Waals surface area contributed by atoms with E-state index < -0.39 is 7.40 Å². The summed E-state index contributed by atoms with van der Waals surface area (Å²) >= 11 is 0. The van der Waals surface area contributed by atoms with E-state index >= 15 is 8.63 Å². The Hall–Kier alpha value is -6.56. The maximum Gasteiger partial charge on any atom is 0.677 e. The number of aliphatic imine (C=N–C) groups is 1. The quantitative estimate of drug-likeness (QED) is 0.0291. The van der Waals surface area contributed by atoms with Crippen LogP contribution in [0.1, 0.15) is 111 Å². The average molecular weight is 993 g/mol. The van der Waals surface area contributed by atoms with Crippen LogP contribution in [-0.2, 0) is 42.2 Å². The topological polar surface area (TPSA) is 82.0 Å². The number of nitrogens with zero attached hydrogens (tertiary/aromatic N) is 4. The van der Waals surface area contributed by atoms with Gasteiger partial charge < -0.3 is 15.1 Å². The summed E-state index contributed by atoms with van der Waals surface area (Å²) in [5.74, 6) is -0.297. The van der Waals surface area contributed by atoms with Crippen molar-refractivity contribution in [2.24, 2.45) is 4.99 Å². The lowest BCUT2D eigenvalue weighted by molar-refractivity contribution is -0.118. The minimum atomic E-state index is -2.77. The van der Waals surface area contributed by atoms with Crippen LogP contribution in [0.25, 0.3) is 27.1 Å². The molecular weight excluding hydrogens is 919 g/mol. The first-order valence-electron chi connectivity index (χ1n) is 26.3. The van der Waals surface area contributed by atoms with Crippen LogP contribution in [-0.4, -0.2) is 81.1 Å². The van der Waals surface area contributed by atoms with Crippen LogP contribution < -0.4 is 21.6 Å². The van der Waals surface area contributed by atoms with E-state index in [1.807, 2.05) is 27.7 Å². The van der Waals surface area contributed by atoms with E-state index in [0.29, 0.717) is 93.3 Å². The maximum atomic E-state index is 15.7. The summed E-state index contributed by atoms with van der Waals surface area (Å²) in [5, 5.41) is 10.5. The Morgan fingerprint density at radius 3 is 1.61 bits per heavy atom. The molecule has 0 atom stereocenters. The first kappa shape index (κ1) is 55.2. The SMILES string of the molecule is Bc1ccccc1CN(CCCNC(=O)C(=C)C)Cc1c2ccccc2c(CN(CCCNC(=O)C(=C)C)Cc2ccccc2B)c2cc(/C(=C3/N=C(C)C(CC)=C3C)c3c(C)c(CC)c(C)n3B(F)F)ccc12. The van der Waals surface area contributed by atoms with Gasteiger partial charge in [-0.2, -0.15) is 0 Å². The van der Waals surface area contributed by atoms with Gasteiger partial charge in [-0.1, -0.05) is 123 Å². The Balaban J connectivity index is 1.50. The standard InChI is InChI=1S/C61H73B3F2N6O2/c1-11-47-40(7)58(69-42(47)9)57(59-41(8)48(12-2)43(10)72(59)64(65)66)44-27-28-51-52(33-44)54(37-71(32-20-30-68-61(74)39(5)6)35-46-22-14-18-26-56(46)63)50-24-16-15-23-49(50)53(51)36-70(31-19-29-67-60(73)38(3)4)34-45-21-13-17-25-55(45)62/h13-18,21-28,33H,3,5,11-12,19-20,29-32,34-37,62-63H2,1-2,4,6-10H3,(H,67,73)(H,68,74)/b58-57-. The summed E-state index contributed by atoms with van der Waals surface area (Å²) in [6.07, 6.45) is 2.84. The predicted octanol–water partition coefficient (Wildman–Crippen LogP) is 9.39. The predicted molar refractivity (Wildman–Crippen MR) is 313 cm³/mol. The van der Waals surface area contributed by atoms with Gasteiger partial charge in [-0.05, 0) is 145 Å². The number of amides is 2. The number of hydrogen-bond donors (Lipinski definition) is 2. The highest BCUT2D eigenvalue weighted by Crippen LogP contribution is 2.43. The molecule has 0 saturated heterocycles. The number of carbonyl (C=O) groups excluding carboxylic acids is 2. The largest absolute Gasteiger partial charge is 0.677 e. The van der Waals surface area contributed by atoms with E-state index in [4.69, 9.17) is 4.99 Å². The smallest absolute Gasteiger partial charge is 0.352 e. The van der Waals surface area contributed by atoms with Crippen LogP contribution in [0.3, 0.4) is 0 Å². The van der Waals surface area contributed by atoms with Crippen molar-refractivity contribution in [3.8, 4) is 0 Å². The lowest BCUT2D eigenvalue weighted by atomic mass is 9.86. The molecule has 2 amide bonds. The van der Waals surface area contributed by atoms with Gasteiger partial charge in [-0.3, -0.25) is 33.0 Å². The monoisotopic (exact) mass is 993 g/mol. The molecule has 5 aromatic carbocycles. The highest BCUT2D eigenvalue weighted by atomic mass is 19.2. The van der Waals surface area contributed by atoms with E-state index in [-0.39, 0.29) is 11.8 Å². The van der Waals surface area contributed by atoms with Gasteiger partial charge in [-0.25, -0.2) is 0 Å². The summed E-state index contributed by atoms with van der Waals surface area (Å²) in [5.41, 5.74) is 16.3. The molecule has 2 heterocycles. The van der Waals surface area contributed by atoms with Crippen molar-refractivity contribution in [1.29, 1.82) is 0 Å². The zero-order valence-electron chi connectivity index (χ0n) is 45.5. The number of aromatic nitrogens is 1. The zero-order chi connectivity index (χ0) is 53.4. The van der Waals surface area contributed by atoms with Crippen LogP contribution >= 0.6 is 0 Å². The number of hydrogen-bond acceptors (Lipinski definition) is 5. The van der Waals surface area contributed by atoms with E-state index in [1.54, 1.807) is 13.8 Å². The first-order valence-corrected chi connectivity index (χ1v) is 26.3. The van der Waals surface area contributed by atoms with Gasteiger partial charge in [0.25, 0.3) is 0 Å².